The SMILES string of the molecule is CC1=Cc2c(-c3ccccc3)cccc2[CH]1[Zr](=[SiH2])([Cl])([Cl])([CH](C)C)([CH](C)C)[CH]1C(C)=Cc2c(-c3ccccc3)cccc21. The van der Waals surface area contributed by atoms with Crippen molar-refractivity contribution in [2.75, 3.05) is 0 Å². The van der Waals surface area contributed by atoms with Gasteiger partial charge >= 0.3 is 257 Å². The van der Waals surface area contributed by atoms with Crippen molar-refractivity contribution in [3.05, 3.63) is 130 Å². The number of rotatable bonds is 6. The molecule has 2 atom stereocenters. The summed E-state index contributed by atoms with van der Waals surface area (Å²) in [5.41, 5.74) is 12.6. The van der Waals surface area contributed by atoms with Crippen LogP contribution in [0.4, 0.5) is 0 Å². The van der Waals surface area contributed by atoms with E-state index in [9.17, 15) is 0 Å². The Morgan fingerprint density at radius 3 is 1.24 bits per heavy atom. The Morgan fingerprint density at radius 1 is 0.548 bits per heavy atom. The molecule has 0 aromatic heterocycles. The Labute approximate surface area is 254 Å². The zero-order chi connectivity index (χ0) is 30.2. The topological polar surface area (TPSA) is 0 Å². The van der Waals surface area contributed by atoms with E-state index in [-0.39, 0.29) is 14.5 Å². The molecule has 0 fully saturated rings. The van der Waals surface area contributed by atoms with Gasteiger partial charge in [-0.3, -0.25) is 0 Å². The number of benzene rings is 4. The van der Waals surface area contributed by atoms with Crippen LogP contribution in [0, 0.1) is 0 Å². The van der Waals surface area contributed by atoms with Gasteiger partial charge in [-0.2, -0.15) is 0 Å². The van der Waals surface area contributed by atoms with Crippen LogP contribution in [0.3, 0.4) is 0 Å². The van der Waals surface area contributed by atoms with E-state index in [1.54, 1.807) is 0 Å². The van der Waals surface area contributed by atoms with Gasteiger partial charge in [0.15, 0.2) is 0 Å². The summed E-state index contributed by atoms with van der Waals surface area (Å²) >= 11 is -6.21. The van der Waals surface area contributed by atoms with Crippen molar-refractivity contribution in [3.8, 4) is 22.3 Å². The molecule has 2 aliphatic rings. The Morgan fingerprint density at radius 2 is 0.905 bits per heavy atom. The van der Waals surface area contributed by atoms with Gasteiger partial charge in [-0.15, -0.1) is 0 Å². The zero-order valence-electron chi connectivity index (χ0n) is 25.7. The first kappa shape index (κ1) is 30.1. The summed E-state index contributed by atoms with van der Waals surface area (Å²) in [5.74, 6) is 0. The van der Waals surface area contributed by atoms with E-state index in [0.29, 0.717) is 0 Å². The molecule has 4 aromatic rings. The van der Waals surface area contributed by atoms with Crippen LogP contribution in [-0.2, 0) is 12.0 Å². The second-order valence-electron chi connectivity index (χ2n) is 14.3. The zero-order valence-corrected chi connectivity index (χ0v) is 31.0. The molecule has 6 rings (SSSR count). The molecule has 0 heterocycles. The maximum atomic E-state index is 9.12. The Balaban J connectivity index is 1.72. The molecule has 216 valence electrons. The normalized spacial score (nSPS) is 20.7. The predicted octanol–water partition coefficient (Wildman–Crippen LogP) is 11.9. The van der Waals surface area contributed by atoms with Crippen LogP contribution in [0.25, 0.3) is 34.4 Å². The van der Waals surface area contributed by atoms with E-state index in [2.05, 4.69) is 158 Å². The van der Waals surface area contributed by atoms with Crippen LogP contribution in [0.1, 0.15) is 71.0 Å². The molecule has 0 aliphatic heterocycles. The minimum atomic E-state index is -6.21. The molecule has 4 heteroatoms. The van der Waals surface area contributed by atoms with Gasteiger partial charge in [-0.25, -0.2) is 0 Å². The fourth-order valence-corrected chi connectivity index (χ4v) is 47.1. The Hall–Kier alpha value is -1.96. The molecule has 0 N–H and O–H groups in total. The summed E-state index contributed by atoms with van der Waals surface area (Å²) in [5, 5.41) is 0. The second kappa shape index (κ2) is 9.04. The molecule has 42 heavy (non-hydrogen) atoms. The van der Waals surface area contributed by atoms with Crippen molar-refractivity contribution >= 4 is 36.1 Å². The van der Waals surface area contributed by atoms with E-state index in [1.165, 1.54) is 55.7 Å². The molecule has 0 radical (unpaired) electrons. The molecule has 0 saturated heterocycles. The van der Waals surface area contributed by atoms with Gasteiger partial charge in [0.1, 0.15) is 0 Å². The third-order valence-corrected chi connectivity index (χ3v) is 73.2. The molecule has 0 amide bonds. The number of halogens is 2. The van der Waals surface area contributed by atoms with Crippen molar-refractivity contribution in [1.29, 1.82) is 0 Å². The van der Waals surface area contributed by atoms with Crippen molar-refractivity contribution in [2.24, 2.45) is 0 Å². The first-order valence-electron chi connectivity index (χ1n) is 15.3. The molecule has 4 aromatic carbocycles. The van der Waals surface area contributed by atoms with E-state index in [4.69, 9.17) is 17.0 Å². The summed E-state index contributed by atoms with van der Waals surface area (Å²) in [6, 6.07) is 35.0. The Bertz CT molecular complexity index is 1800. The summed E-state index contributed by atoms with van der Waals surface area (Å²) < 4.78 is -0.0194. The van der Waals surface area contributed by atoms with E-state index in [1.807, 2.05) is 0 Å². The van der Waals surface area contributed by atoms with E-state index in [0.717, 1.165) is 0 Å². The fourth-order valence-electron chi connectivity index (χ4n) is 9.46. The van der Waals surface area contributed by atoms with Crippen molar-refractivity contribution < 1.29 is 12.0 Å². The first-order chi connectivity index (χ1) is 19.7. The van der Waals surface area contributed by atoms with Gasteiger partial charge < -0.3 is 0 Å². The van der Waals surface area contributed by atoms with Gasteiger partial charge in [0.05, 0.1) is 0 Å². The van der Waals surface area contributed by atoms with Gasteiger partial charge in [0, 0.05) is 0 Å². The number of hydrogen-bond acceptors (Lipinski definition) is 0. The summed E-state index contributed by atoms with van der Waals surface area (Å²) in [6.45, 7) is 15.9. The van der Waals surface area contributed by atoms with Crippen LogP contribution in [0.15, 0.2) is 108 Å². The van der Waals surface area contributed by atoms with E-state index < -0.39 is 12.0 Å². The quantitative estimate of drug-likeness (QED) is 0.177. The predicted molar refractivity (Wildman–Crippen MR) is 187 cm³/mol. The fraction of sp³-hybridized carbons (Fsp3) is 0.263. The molecule has 0 bridgehead atoms. The maximum absolute atomic E-state index is 9.12. The molecule has 2 unspecified atom stereocenters. The first-order valence-corrected chi connectivity index (χ1v) is 33.2. The van der Waals surface area contributed by atoms with E-state index >= 15 is 0 Å². The van der Waals surface area contributed by atoms with Crippen molar-refractivity contribution in [3.63, 3.8) is 0 Å². The standard InChI is InChI=1S/2C16H13.2C3H7.2ClH.H2Si.Zr/c2*1-12-10-14-8-5-9-15(16(14)11-12)13-6-3-2-4-7-13;2*1-3-2;;;;/h2*2-11H,1H3;2*3H,1-2H3;2*1H;1H2;/q;;;;;;;+2/p-2. The van der Waals surface area contributed by atoms with Crippen LogP contribution >= 0.6 is 17.0 Å². The average Bonchev–Trinajstić information content (AvgIpc) is 3.51. The van der Waals surface area contributed by atoms with Crippen molar-refractivity contribution in [1.82, 2.24) is 0 Å². The van der Waals surface area contributed by atoms with Gasteiger partial charge in [-0.05, 0) is 0 Å². The third kappa shape index (κ3) is 3.50. The van der Waals surface area contributed by atoms with Crippen LogP contribution in [0.2, 0.25) is 7.25 Å². The van der Waals surface area contributed by atoms with Gasteiger partial charge in [0.25, 0.3) is 0 Å². The summed E-state index contributed by atoms with van der Waals surface area (Å²) in [4.78, 5) is 0. The van der Waals surface area contributed by atoms with Gasteiger partial charge in [-0.1, -0.05) is 0 Å². The molecule has 2 aliphatic carbocycles. The van der Waals surface area contributed by atoms with Crippen LogP contribution in [-0.4, -0.2) is 6.88 Å². The van der Waals surface area contributed by atoms with Crippen LogP contribution < -0.4 is 0 Å². The molecular formula is C38H42Cl2SiZr. The Kier molecular flexibility index (Phi) is 6.48. The van der Waals surface area contributed by atoms with Crippen molar-refractivity contribution in [2.45, 2.75) is 56.0 Å². The van der Waals surface area contributed by atoms with Crippen LogP contribution in [0.5, 0.6) is 0 Å². The molecule has 0 nitrogen and oxygen atoms in total. The van der Waals surface area contributed by atoms with Gasteiger partial charge in [0.2, 0.25) is 0 Å². The molecule has 0 saturated carbocycles. The minimum absolute atomic E-state index is 0.0581. The second-order valence-corrected chi connectivity index (χ2v) is 73.7. The number of allylic oxidation sites excluding steroid dienone is 2. The number of fused-ring (bicyclic) bond motifs is 2. The number of hydrogen-bond donors (Lipinski definition) is 0. The monoisotopic (exact) mass is 686 g/mol. The summed E-state index contributed by atoms with van der Waals surface area (Å²) in [7, 11) is 18.2. The molecule has 0 spiro atoms. The summed E-state index contributed by atoms with van der Waals surface area (Å²) in [6.07, 6.45) is 4.79. The third-order valence-electron chi connectivity index (χ3n) is 12.3. The molecular weight excluding hydrogens is 647 g/mol. The average molecular weight is 689 g/mol.